The number of fused-ring (bicyclic) bond motifs is 2. The van der Waals surface area contributed by atoms with Gasteiger partial charge in [0.25, 0.3) is 0 Å². The number of rotatable bonds is 6. The van der Waals surface area contributed by atoms with E-state index in [0.29, 0.717) is 18.5 Å². The summed E-state index contributed by atoms with van der Waals surface area (Å²) in [5.74, 6) is 0.927. The molecule has 6 heteroatoms. The molecule has 3 atom stereocenters. The van der Waals surface area contributed by atoms with Crippen LogP contribution in [0.15, 0.2) is 17.9 Å². The van der Waals surface area contributed by atoms with E-state index < -0.39 is 0 Å². The van der Waals surface area contributed by atoms with Crippen LogP contribution in [0.25, 0.3) is 0 Å². The second-order valence-corrected chi connectivity index (χ2v) is 5.73. The Hall–Kier alpha value is -0.780. The molecule has 0 aliphatic carbocycles. The Labute approximate surface area is 126 Å². The van der Waals surface area contributed by atoms with Gasteiger partial charge in [0.05, 0.1) is 18.7 Å². The first-order chi connectivity index (χ1) is 9.71. The van der Waals surface area contributed by atoms with E-state index in [1.54, 1.807) is 13.2 Å². The molecule has 0 amide bonds. The fourth-order valence-electron chi connectivity index (χ4n) is 3.15. The third-order valence-corrected chi connectivity index (χ3v) is 4.48. The highest BCUT2D eigenvalue weighted by molar-refractivity contribution is 6.21. The summed E-state index contributed by atoms with van der Waals surface area (Å²) in [6.45, 7) is 8.36. The zero-order chi connectivity index (χ0) is 14.5. The van der Waals surface area contributed by atoms with E-state index in [4.69, 9.17) is 16.3 Å². The molecule has 1 N–H and O–H groups in total. The number of amidine groups is 1. The summed E-state index contributed by atoms with van der Waals surface area (Å²) in [6, 6.07) is 0.928. The van der Waals surface area contributed by atoms with Crippen molar-refractivity contribution in [1.82, 2.24) is 15.2 Å². The number of hydrogen-bond acceptors (Lipinski definition) is 4. The minimum atomic E-state index is -0.0440. The van der Waals surface area contributed by atoms with E-state index in [-0.39, 0.29) is 5.50 Å². The number of alkyl halides is 1. The minimum Gasteiger partial charge on any atom is -0.378 e. The third kappa shape index (κ3) is 3.27. The van der Waals surface area contributed by atoms with Crippen molar-refractivity contribution in [3.05, 3.63) is 12.8 Å². The van der Waals surface area contributed by atoms with Gasteiger partial charge in [-0.3, -0.25) is 4.90 Å². The number of hydrogen-bond donors (Lipinski definition) is 1. The molecule has 2 saturated heterocycles. The van der Waals surface area contributed by atoms with Crippen molar-refractivity contribution >= 4 is 17.4 Å². The van der Waals surface area contributed by atoms with Gasteiger partial charge in [0.15, 0.2) is 0 Å². The standard InChI is InChI=1S/C14H25ClN4O/c1-4-18(5-2)14(17-16-3)8-13(15)19-11-6-7-12(19)10-20-9-11/h4,11-13,16H,1,5-10H2,2-3H3/b17-14+. The van der Waals surface area contributed by atoms with Gasteiger partial charge >= 0.3 is 0 Å². The third-order valence-electron chi connectivity index (χ3n) is 4.10. The van der Waals surface area contributed by atoms with Crippen LogP contribution in [0.2, 0.25) is 0 Å². The maximum Gasteiger partial charge on any atom is 0.131 e. The average Bonchev–Trinajstić information content (AvgIpc) is 2.70. The van der Waals surface area contributed by atoms with E-state index >= 15 is 0 Å². The molecule has 2 bridgehead atoms. The van der Waals surface area contributed by atoms with Crippen molar-refractivity contribution in [2.24, 2.45) is 5.10 Å². The number of nitrogens with one attached hydrogen (secondary N) is 1. The average molecular weight is 301 g/mol. The lowest BCUT2D eigenvalue weighted by molar-refractivity contribution is -0.0206. The largest absolute Gasteiger partial charge is 0.378 e. The highest BCUT2D eigenvalue weighted by Gasteiger charge is 2.41. The summed E-state index contributed by atoms with van der Waals surface area (Å²) in [7, 11) is 1.80. The van der Waals surface area contributed by atoms with Crippen molar-refractivity contribution in [3.8, 4) is 0 Å². The van der Waals surface area contributed by atoms with Crippen LogP contribution in [0, 0.1) is 0 Å². The van der Waals surface area contributed by atoms with Gasteiger partial charge in [0.2, 0.25) is 0 Å². The molecule has 5 nitrogen and oxygen atoms in total. The molecule has 0 radical (unpaired) electrons. The molecular formula is C14H25ClN4O. The minimum absolute atomic E-state index is 0.0440. The monoisotopic (exact) mass is 300 g/mol. The number of hydrazone groups is 1. The highest BCUT2D eigenvalue weighted by atomic mass is 35.5. The molecule has 2 heterocycles. The van der Waals surface area contributed by atoms with Crippen LogP contribution in [-0.4, -0.2) is 60.0 Å². The first-order valence-corrected chi connectivity index (χ1v) is 7.76. The van der Waals surface area contributed by atoms with Crippen LogP contribution in [0.3, 0.4) is 0 Å². The van der Waals surface area contributed by atoms with Gasteiger partial charge in [0, 0.05) is 32.1 Å². The van der Waals surface area contributed by atoms with Gasteiger partial charge in [-0.15, -0.1) is 11.6 Å². The van der Waals surface area contributed by atoms with E-state index in [2.05, 4.69) is 28.9 Å². The topological polar surface area (TPSA) is 40.1 Å². The highest BCUT2D eigenvalue weighted by Crippen LogP contribution is 2.33. The molecule has 3 unspecified atom stereocenters. The molecule has 0 saturated carbocycles. The van der Waals surface area contributed by atoms with Crippen molar-refractivity contribution in [3.63, 3.8) is 0 Å². The van der Waals surface area contributed by atoms with Gasteiger partial charge in [-0.05, 0) is 26.0 Å². The number of nitrogens with zero attached hydrogens (tertiary/aromatic N) is 3. The predicted molar refractivity (Wildman–Crippen MR) is 82.8 cm³/mol. The lowest BCUT2D eigenvalue weighted by Crippen LogP contribution is -2.50. The Kier molecular flexibility index (Phi) is 5.69. The molecular weight excluding hydrogens is 276 g/mol. The van der Waals surface area contributed by atoms with E-state index in [9.17, 15) is 0 Å². The van der Waals surface area contributed by atoms with Gasteiger partial charge in [-0.1, -0.05) is 6.58 Å². The zero-order valence-corrected chi connectivity index (χ0v) is 13.1. The second-order valence-electron chi connectivity index (χ2n) is 5.23. The second kappa shape index (κ2) is 7.29. The lowest BCUT2D eigenvalue weighted by Gasteiger charge is -2.38. The Balaban J connectivity index is 2.03. The van der Waals surface area contributed by atoms with Crippen LogP contribution >= 0.6 is 11.6 Å². The molecule has 114 valence electrons. The van der Waals surface area contributed by atoms with Gasteiger partial charge < -0.3 is 15.1 Å². The van der Waals surface area contributed by atoms with Gasteiger partial charge in [0.1, 0.15) is 5.84 Å². The van der Waals surface area contributed by atoms with Crippen molar-refractivity contribution < 1.29 is 4.74 Å². The molecule has 0 aromatic heterocycles. The summed E-state index contributed by atoms with van der Waals surface area (Å²) in [5.41, 5.74) is 2.82. The molecule has 0 aromatic carbocycles. The fourth-order valence-corrected chi connectivity index (χ4v) is 3.60. The smallest absolute Gasteiger partial charge is 0.131 e. The maximum atomic E-state index is 6.68. The quantitative estimate of drug-likeness (QED) is 0.267. The van der Waals surface area contributed by atoms with Gasteiger partial charge in [-0.2, -0.15) is 5.10 Å². The van der Waals surface area contributed by atoms with Crippen molar-refractivity contribution in [1.29, 1.82) is 0 Å². The van der Waals surface area contributed by atoms with Crippen LogP contribution in [-0.2, 0) is 4.74 Å². The first-order valence-electron chi connectivity index (χ1n) is 7.33. The Morgan fingerprint density at radius 1 is 1.55 bits per heavy atom. The molecule has 2 fully saturated rings. The summed E-state index contributed by atoms with van der Waals surface area (Å²) in [4.78, 5) is 4.43. The molecule has 2 rings (SSSR count). The first kappa shape index (κ1) is 15.6. The maximum absolute atomic E-state index is 6.68. The fraction of sp³-hybridized carbons (Fsp3) is 0.786. The lowest BCUT2D eigenvalue weighted by atomic mass is 10.2. The molecule has 2 aliphatic heterocycles. The van der Waals surface area contributed by atoms with E-state index in [1.165, 1.54) is 12.8 Å². The van der Waals surface area contributed by atoms with Crippen LogP contribution in [0.1, 0.15) is 26.2 Å². The van der Waals surface area contributed by atoms with Crippen molar-refractivity contribution in [2.45, 2.75) is 43.8 Å². The molecule has 20 heavy (non-hydrogen) atoms. The van der Waals surface area contributed by atoms with Crippen molar-refractivity contribution in [2.75, 3.05) is 26.8 Å². The van der Waals surface area contributed by atoms with Crippen LogP contribution in [0.5, 0.6) is 0 Å². The van der Waals surface area contributed by atoms with Gasteiger partial charge in [-0.25, -0.2) is 0 Å². The SMILES string of the molecule is C=CN(CC)/C(CC(Cl)N1C2CCC1COC2)=N/NC. The summed E-state index contributed by atoms with van der Waals surface area (Å²) in [5, 5.41) is 4.35. The molecule has 2 aliphatic rings. The Morgan fingerprint density at radius 3 is 2.70 bits per heavy atom. The van der Waals surface area contributed by atoms with E-state index in [0.717, 1.165) is 25.6 Å². The summed E-state index contributed by atoms with van der Waals surface area (Å²) >= 11 is 6.68. The zero-order valence-electron chi connectivity index (χ0n) is 12.4. The summed E-state index contributed by atoms with van der Waals surface area (Å²) in [6.07, 6.45) is 4.87. The number of halogens is 1. The normalized spacial score (nSPS) is 28.2. The van der Waals surface area contributed by atoms with Crippen LogP contribution in [0.4, 0.5) is 0 Å². The Bertz CT molecular complexity index is 347. The summed E-state index contributed by atoms with van der Waals surface area (Å²) < 4.78 is 5.61. The molecule has 0 spiro atoms. The number of morpholine rings is 1. The predicted octanol–water partition coefficient (Wildman–Crippen LogP) is 1.80. The Morgan fingerprint density at radius 2 is 2.20 bits per heavy atom. The van der Waals surface area contributed by atoms with Crippen LogP contribution < -0.4 is 5.43 Å². The van der Waals surface area contributed by atoms with E-state index in [1.807, 2.05) is 4.90 Å². The molecule has 0 aromatic rings. The number of ether oxygens (including phenoxy) is 1.